The van der Waals surface area contributed by atoms with Crippen LogP contribution in [0.3, 0.4) is 0 Å². The molecule has 0 saturated carbocycles. The molecule has 0 unspecified atom stereocenters. The zero-order valence-electron chi connectivity index (χ0n) is 41.0. The van der Waals surface area contributed by atoms with E-state index in [1.807, 2.05) is 6.92 Å². The van der Waals surface area contributed by atoms with Gasteiger partial charge < -0.3 is 83.8 Å². The van der Waals surface area contributed by atoms with Crippen LogP contribution in [0.5, 0.6) is 5.75 Å². The molecule has 2 aliphatic rings. The number of hydrogen-bond acceptors (Lipinski definition) is 16. The molecule has 27 nitrogen and oxygen atoms in total. The molecule has 10 amide bonds. The number of amides is 10. The number of carbonyl (C=O) groups is 10. The van der Waals surface area contributed by atoms with Crippen LogP contribution < -0.4 is 59.2 Å². The molecule has 0 spiro atoms. The molecule has 410 valence electrons. The van der Waals surface area contributed by atoms with E-state index < -0.39 is 134 Å². The maximum Gasteiger partial charge on any atom is 0.466 e. The zero-order chi connectivity index (χ0) is 55.0. The maximum atomic E-state index is 14.4. The van der Waals surface area contributed by atoms with Crippen LogP contribution >= 0.6 is 29.4 Å². The molecule has 17 N–H and O–H groups in total. The Morgan fingerprint density at radius 3 is 2.05 bits per heavy atom. The van der Waals surface area contributed by atoms with Gasteiger partial charge in [0, 0.05) is 30.9 Å². The Morgan fingerprint density at radius 1 is 0.863 bits per heavy atom. The van der Waals surface area contributed by atoms with Gasteiger partial charge in [-0.05, 0) is 69.7 Å². The number of carbonyl (C=O) groups excluding carboxylic acids is 10. The topological polar surface area (TPSA) is 443 Å². The second-order valence-electron chi connectivity index (χ2n) is 17.0. The summed E-state index contributed by atoms with van der Waals surface area (Å²) in [5.41, 5.74) is 17.0. The van der Waals surface area contributed by atoms with E-state index in [9.17, 15) is 53.1 Å². The Balaban J connectivity index is 0.00000347. The lowest BCUT2D eigenvalue weighted by molar-refractivity contribution is -0.142. The number of nitrogens with two attached hydrogens (primary N) is 3. The smallest absolute Gasteiger partial charge is 0.466 e. The number of phosphoric acid groups is 1. The largest absolute Gasteiger partial charge is 0.494 e. The van der Waals surface area contributed by atoms with Gasteiger partial charge in [0.15, 0.2) is 0 Å². The summed E-state index contributed by atoms with van der Waals surface area (Å²) in [5.74, 6) is -8.07. The molecule has 2 aliphatic heterocycles. The van der Waals surface area contributed by atoms with Crippen LogP contribution in [0.4, 0.5) is 0 Å². The molecule has 0 aliphatic carbocycles. The third-order valence-corrected chi connectivity index (χ3v) is 13.6. The first kappa shape index (κ1) is 63.6. The average molecular weight is 1090 g/mol. The molecule has 0 radical (unpaired) electrons. The van der Waals surface area contributed by atoms with Crippen LogP contribution in [0.1, 0.15) is 78.2 Å². The van der Waals surface area contributed by atoms with Gasteiger partial charge in [-0.25, -0.2) is 4.57 Å². The number of primary amides is 2. The van der Waals surface area contributed by atoms with E-state index in [1.54, 1.807) is 38.1 Å². The third kappa shape index (κ3) is 23.5. The van der Waals surface area contributed by atoms with Gasteiger partial charge in [-0.2, -0.15) is 0 Å². The molecule has 3 rings (SSSR count). The minimum absolute atomic E-state index is 0.0243. The fourth-order valence-corrected chi connectivity index (χ4v) is 9.44. The number of aliphatic hydroxyl groups is 1. The van der Waals surface area contributed by atoms with E-state index >= 15 is 0 Å². The minimum atomic E-state index is -4.64. The SMILES string of the molecule is CCOc1ccc(C[C@H]2NC(=O)CCSSC[C@@H](C(=O)N3CCC[C@H]3C(=O)N[C@@H](CCCN)C(=O)NCC(N)=O)NC(=O)[C@H](CC(N)=O)NC(=O)[C@H]([C@@H](C)O)NC(=O)[C@H]([C@@H](C)CC)NC2=O)cc1.O=P(O)(O)O. The minimum Gasteiger partial charge on any atom is -0.494 e. The van der Waals surface area contributed by atoms with Crippen molar-refractivity contribution in [2.75, 3.05) is 37.7 Å². The van der Waals surface area contributed by atoms with Crippen molar-refractivity contribution >= 4 is 88.5 Å². The predicted molar refractivity (Wildman–Crippen MR) is 267 cm³/mol. The fourth-order valence-electron chi connectivity index (χ4n) is 7.29. The zero-order valence-corrected chi connectivity index (χ0v) is 43.6. The molecular formula is C43H70N11O16PS2. The lowest BCUT2D eigenvalue weighted by atomic mass is 9.96. The Morgan fingerprint density at radius 2 is 1.48 bits per heavy atom. The van der Waals surface area contributed by atoms with E-state index in [1.165, 1.54) is 22.6 Å². The number of hydrogen-bond donors (Lipinski definition) is 14. The van der Waals surface area contributed by atoms with Gasteiger partial charge in [-0.1, -0.05) is 54.0 Å². The highest BCUT2D eigenvalue weighted by molar-refractivity contribution is 8.76. The quantitative estimate of drug-likeness (QED) is 0.0492. The van der Waals surface area contributed by atoms with Gasteiger partial charge in [-0.15, -0.1) is 0 Å². The lowest BCUT2D eigenvalue weighted by Gasteiger charge is -2.31. The number of nitrogens with one attached hydrogen (secondary N) is 7. The number of benzene rings is 1. The van der Waals surface area contributed by atoms with Crippen LogP contribution in [0.15, 0.2) is 24.3 Å². The average Bonchev–Trinajstić information content (AvgIpc) is 3.81. The van der Waals surface area contributed by atoms with Crippen molar-refractivity contribution in [1.82, 2.24) is 42.1 Å². The van der Waals surface area contributed by atoms with E-state index in [0.29, 0.717) is 37.2 Å². The van der Waals surface area contributed by atoms with E-state index in [4.69, 9.17) is 41.2 Å². The van der Waals surface area contributed by atoms with Crippen LogP contribution in [0, 0.1) is 5.92 Å². The van der Waals surface area contributed by atoms with Crippen molar-refractivity contribution in [1.29, 1.82) is 0 Å². The van der Waals surface area contributed by atoms with Gasteiger partial charge >= 0.3 is 7.82 Å². The molecule has 9 atom stereocenters. The van der Waals surface area contributed by atoms with Crippen LogP contribution in [0.2, 0.25) is 0 Å². The summed E-state index contributed by atoms with van der Waals surface area (Å²) in [6.45, 7) is 6.72. The Labute approximate surface area is 430 Å². The highest BCUT2D eigenvalue weighted by Gasteiger charge is 2.41. The lowest BCUT2D eigenvalue weighted by Crippen LogP contribution is -2.63. The summed E-state index contributed by atoms with van der Waals surface area (Å²) in [7, 11) is -2.37. The van der Waals surface area contributed by atoms with Gasteiger partial charge in [0.2, 0.25) is 59.1 Å². The second kappa shape index (κ2) is 31.9. The third-order valence-electron chi connectivity index (χ3n) is 11.2. The van der Waals surface area contributed by atoms with Crippen LogP contribution in [-0.4, -0.2) is 170 Å². The van der Waals surface area contributed by atoms with Gasteiger partial charge in [0.05, 0.1) is 25.7 Å². The first-order valence-corrected chi connectivity index (χ1v) is 27.4. The molecule has 1 aromatic carbocycles. The summed E-state index contributed by atoms with van der Waals surface area (Å²) in [4.78, 5) is 157. The molecule has 0 aromatic heterocycles. The van der Waals surface area contributed by atoms with Gasteiger partial charge in [-0.3, -0.25) is 47.9 Å². The monoisotopic (exact) mass is 1090 g/mol. The summed E-state index contributed by atoms with van der Waals surface area (Å²) >= 11 is 0. The highest BCUT2D eigenvalue weighted by atomic mass is 33.1. The van der Waals surface area contributed by atoms with Crippen LogP contribution in [0.25, 0.3) is 0 Å². The van der Waals surface area contributed by atoms with E-state index in [-0.39, 0.29) is 50.3 Å². The van der Waals surface area contributed by atoms with Gasteiger partial charge in [0.1, 0.15) is 48.0 Å². The maximum absolute atomic E-state index is 14.4. The van der Waals surface area contributed by atoms with Crippen molar-refractivity contribution in [3.05, 3.63) is 29.8 Å². The number of ether oxygens (including phenoxy) is 1. The molecular weight excluding hydrogens is 1020 g/mol. The van der Waals surface area contributed by atoms with E-state index in [0.717, 1.165) is 10.8 Å². The first-order valence-electron chi connectivity index (χ1n) is 23.4. The molecule has 0 bridgehead atoms. The predicted octanol–water partition coefficient (Wildman–Crippen LogP) is -3.97. The Hall–Kier alpha value is -5.55. The summed E-state index contributed by atoms with van der Waals surface area (Å²) in [6, 6.07) is -2.62. The normalized spacial score (nSPS) is 23.0. The number of aliphatic hydroxyl groups excluding tert-OH is 1. The van der Waals surface area contributed by atoms with Crippen molar-refractivity contribution < 1.29 is 77.0 Å². The summed E-state index contributed by atoms with van der Waals surface area (Å²) in [5, 5.41) is 28.7. The van der Waals surface area contributed by atoms with Crippen molar-refractivity contribution in [3.8, 4) is 5.75 Å². The molecule has 73 heavy (non-hydrogen) atoms. The van der Waals surface area contributed by atoms with Crippen LogP contribution in [-0.2, 0) is 58.9 Å². The highest BCUT2D eigenvalue weighted by Crippen LogP contribution is 2.27. The number of nitrogens with zero attached hydrogens (tertiary/aromatic N) is 1. The molecule has 1 aromatic rings. The van der Waals surface area contributed by atoms with Crippen molar-refractivity contribution in [2.45, 2.75) is 127 Å². The van der Waals surface area contributed by atoms with Crippen molar-refractivity contribution in [2.24, 2.45) is 23.1 Å². The Kier molecular flexibility index (Phi) is 27.8. The molecule has 2 heterocycles. The fraction of sp³-hybridized carbons (Fsp3) is 0.628. The van der Waals surface area contributed by atoms with Gasteiger partial charge in [0.25, 0.3) is 0 Å². The molecule has 30 heteroatoms. The second-order valence-corrected chi connectivity index (χ2v) is 20.7. The summed E-state index contributed by atoms with van der Waals surface area (Å²) in [6.07, 6.45) is -1.05. The first-order chi connectivity index (χ1) is 34.3. The van der Waals surface area contributed by atoms with Crippen molar-refractivity contribution in [3.63, 3.8) is 0 Å². The molecule has 2 fully saturated rings. The molecule has 2 saturated heterocycles. The van der Waals surface area contributed by atoms with E-state index in [2.05, 4.69) is 37.2 Å². The number of rotatable bonds is 18. The number of likely N-dealkylation sites (tertiary alicyclic amines) is 1. The Bertz CT molecular complexity index is 2110. The standard InChI is InChI=1S/C43H67N11O12S2.H3O4P/c1-5-23(3)35-41(63)53-36(24(4)55)42(64)50-29(20-32(45)56)38(60)51-30(43(65)54-17-8-10-31(54)40(62)49-27(9-7-16-44)37(59)47-21-33(46)57)22-68-67-18-15-34(58)48-28(39(61)52-35)19-25-11-13-26(14-12-25)66-6-2;1-5(2,3)4/h11-14,23-24,27-31,35-36,55H,5-10,15-22,44H2,1-4H3,(H2,45,56)(H2,46,57)(H,47,59)(H,48,58)(H,49,62)(H,50,64)(H,51,60)(H,52,61)(H,53,63);(H3,1,2,3,4)/t23-,24+,27-,28+,29-,30-,31-,35-,36-;/m0./s1. The summed E-state index contributed by atoms with van der Waals surface area (Å²) < 4.78 is 14.4.